The number of ether oxygens (including phenoxy) is 1. The van der Waals surface area contributed by atoms with Gasteiger partial charge in [0.1, 0.15) is 5.75 Å². The van der Waals surface area contributed by atoms with Crippen molar-refractivity contribution < 1.29 is 26.3 Å². The lowest BCUT2D eigenvalue weighted by Crippen LogP contribution is -2.42. The van der Waals surface area contributed by atoms with E-state index in [1.165, 1.54) is 12.1 Å². The lowest BCUT2D eigenvalue weighted by molar-refractivity contribution is -0.274. The minimum Gasteiger partial charge on any atom is -0.406 e. The molecule has 1 aliphatic carbocycles. The van der Waals surface area contributed by atoms with Gasteiger partial charge in [0.2, 0.25) is 10.0 Å². The summed E-state index contributed by atoms with van der Waals surface area (Å²) in [5.41, 5.74) is 0.417. The Balaban J connectivity index is 1.98. The summed E-state index contributed by atoms with van der Waals surface area (Å²) >= 11 is 0. The number of alkyl halides is 3. The van der Waals surface area contributed by atoms with Crippen LogP contribution in [-0.2, 0) is 15.8 Å². The first-order chi connectivity index (χ1) is 11.2. The van der Waals surface area contributed by atoms with Gasteiger partial charge in [0.15, 0.2) is 0 Å². The van der Waals surface area contributed by atoms with Crippen molar-refractivity contribution in [1.82, 2.24) is 4.72 Å². The van der Waals surface area contributed by atoms with Gasteiger partial charge >= 0.3 is 6.36 Å². The number of benzene rings is 1. The topological polar surface area (TPSA) is 55.4 Å². The quantitative estimate of drug-likeness (QED) is 0.830. The molecule has 2 atom stereocenters. The van der Waals surface area contributed by atoms with E-state index in [-0.39, 0.29) is 17.5 Å². The molecule has 0 bridgehead atoms. The number of sulfonamides is 1. The highest BCUT2D eigenvalue weighted by Crippen LogP contribution is 2.28. The molecule has 1 saturated carbocycles. The molecule has 2 unspecified atom stereocenters. The van der Waals surface area contributed by atoms with Crippen LogP contribution < -0.4 is 9.46 Å². The van der Waals surface area contributed by atoms with Crippen LogP contribution in [0.5, 0.6) is 5.75 Å². The zero-order chi connectivity index (χ0) is 17.8. The first-order valence-electron chi connectivity index (χ1n) is 8.03. The normalized spacial score (nSPS) is 22.3. The maximum atomic E-state index is 12.3. The Labute approximate surface area is 140 Å². The van der Waals surface area contributed by atoms with Gasteiger partial charge in [0, 0.05) is 6.04 Å². The number of halogens is 3. The summed E-state index contributed by atoms with van der Waals surface area (Å²) in [7, 11) is -3.54. The van der Waals surface area contributed by atoms with E-state index >= 15 is 0 Å². The summed E-state index contributed by atoms with van der Waals surface area (Å²) in [4.78, 5) is 0. The molecule has 0 heterocycles. The fraction of sp³-hybridized carbons (Fsp3) is 0.625. The van der Waals surface area contributed by atoms with Crippen molar-refractivity contribution in [3.05, 3.63) is 29.8 Å². The zero-order valence-electron chi connectivity index (χ0n) is 13.5. The molecule has 1 fully saturated rings. The number of nitrogens with one attached hydrogen (secondary N) is 1. The summed E-state index contributed by atoms with van der Waals surface area (Å²) in [6.45, 7) is 2.05. The third kappa shape index (κ3) is 5.98. The van der Waals surface area contributed by atoms with Crippen LogP contribution in [0.2, 0.25) is 0 Å². The first-order valence-corrected chi connectivity index (χ1v) is 9.68. The Bertz CT molecular complexity index is 629. The molecule has 24 heavy (non-hydrogen) atoms. The second-order valence-electron chi connectivity index (χ2n) is 6.13. The summed E-state index contributed by atoms with van der Waals surface area (Å²) in [5, 5.41) is 0. The summed E-state index contributed by atoms with van der Waals surface area (Å²) in [6, 6.07) is 4.85. The van der Waals surface area contributed by atoms with Gasteiger partial charge < -0.3 is 4.74 Å². The predicted molar refractivity (Wildman–Crippen MR) is 84.9 cm³/mol. The van der Waals surface area contributed by atoms with E-state index in [1.54, 1.807) is 0 Å². The average molecular weight is 365 g/mol. The van der Waals surface area contributed by atoms with Crippen molar-refractivity contribution in [3.8, 4) is 5.75 Å². The Morgan fingerprint density at radius 3 is 2.38 bits per heavy atom. The van der Waals surface area contributed by atoms with E-state index in [0.29, 0.717) is 11.5 Å². The minimum absolute atomic E-state index is 0.0541. The second-order valence-corrected chi connectivity index (χ2v) is 7.88. The molecule has 1 aliphatic rings. The van der Waals surface area contributed by atoms with Crippen molar-refractivity contribution in [2.24, 2.45) is 5.92 Å². The first kappa shape index (κ1) is 19.1. The number of hydrogen-bond donors (Lipinski definition) is 1. The highest BCUT2D eigenvalue weighted by molar-refractivity contribution is 7.88. The van der Waals surface area contributed by atoms with Crippen molar-refractivity contribution >= 4 is 10.0 Å². The average Bonchev–Trinajstić information content (AvgIpc) is 2.47. The molecule has 0 aromatic heterocycles. The van der Waals surface area contributed by atoms with Crippen molar-refractivity contribution in [2.75, 3.05) is 0 Å². The van der Waals surface area contributed by atoms with E-state index in [1.807, 2.05) is 0 Å². The van der Waals surface area contributed by atoms with Crippen molar-refractivity contribution in [3.63, 3.8) is 0 Å². The molecule has 136 valence electrons. The van der Waals surface area contributed by atoms with Gasteiger partial charge in [-0.3, -0.25) is 0 Å². The van der Waals surface area contributed by atoms with E-state index in [0.717, 1.165) is 44.2 Å². The Morgan fingerprint density at radius 2 is 1.79 bits per heavy atom. The highest BCUT2D eigenvalue weighted by atomic mass is 32.2. The molecular weight excluding hydrogens is 343 g/mol. The molecule has 0 spiro atoms. The number of rotatable bonds is 6. The largest absolute Gasteiger partial charge is 0.573 e. The smallest absolute Gasteiger partial charge is 0.406 e. The van der Waals surface area contributed by atoms with E-state index in [2.05, 4.69) is 16.4 Å². The van der Waals surface area contributed by atoms with Gasteiger partial charge in [-0.25, -0.2) is 13.1 Å². The van der Waals surface area contributed by atoms with Gasteiger partial charge in [0.05, 0.1) is 5.75 Å². The molecule has 1 aromatic rings. The summed E-state index contributed by atoms with van der Waals surface area (Å²) < 4.78 is 67.5. The Morgan fingerprint density at radius 1 is 1.17 bits per heavy atom. The lowest BCUT2D eigenvalue weighted by Gasteiger charge is -2.31. The zero-order valence-corrected chi connectivity index (χ0v) is 14.3. The monoisotopic (exact) mass is 365 g/mol. The molecule has 1 aromatic carbocycles. The maximum absolute atomic E-state index is 12.3. The third-order valence-corrected chi connectivity index (χ3v) is 5.65. The summed E-state index contributed by atoms with van der Waals surface area (Å²) in [6.07, 6.45) is 0.149. The number of hydrogen-bond acceptors (Lipinski definition) is 3. The fourth-order valence-electron chi connectivity index (χ4n) is 3.13. The molecular formula is C16H22F3NO3S. The van der Waals surface area contributed by atoms with Crippen LogP contribution in [0.4, 0.5) is 13.2 Å². The molecule has 0 aliphatic heterocycles. The second kappa shape index (κ2) is 7.74. The lowest BCUT2D eigenvalue weighted by atomic mass is 9.83. The highest BCUT2D eigenvalue weighted by Gasteiger charge is 2.31. The minimum atomic E-state index is -4.76. The van der Waals surface area contributed by atoms with Crippen molar-refractivity contribution in [1.29, 1.82) is 0 Å². The van der Waals surface area contributed by atoms with Gasteiger partial charge in [0.25, 0.3) is 0 Å². The van der Waals surface area contributed by atoms with E-state index < -0.39 is 16.4 Å². The van der Waals surface area contributed by atoms with E-state index in [9.17, 15) is 21.6 Å². The molecule has 2 rings (SSSR count). The van der Waals surface area contributed by atoms with Crippen LogP contribution in [0.15, 0.2) is 24.3 Å². The standard InChI is InChI=1S/C16H22F3NO3S/c1-2-13-5-3-4-6-15(13)20-24(21,22)11-12-7-9-14(10-8-12)23-16(17,18)19/h7-10,13,15,20H,2-6,11H2,1H3. The van der Waals surface area contributed by atoms with Crippen LogP contribution in [0.3, 0.4) is 0 Å². The van der Waals surface area contributed by atoms with Crippen LogP contribution in [0, 0.1) is 5.92 Å². The van der Waals surface area contributed by atoms with Crippen LogP contribution >= 0.6 is 0 Å². The van der Waals surface area contributed by atoms with Gasteiger partial charge in [-0.1, -0.05) is 38.3 Å². The van der Waals surface area contributed by atoms with Crippen LogP contribution in [-0.4, -0.2) is 20.8 Å². The predicted octanol–water partition coefficient (Wildman–Crippen LogP) is 3.97. The Hall–Kier alpha value is -1.28. The van der Waals surface area contributed by atoms with E-state index in [4.69, 9.17) is 0 Å². The maximum Gasteiger partial charge on any atom is 0.573 e. The molecule has 8 heteroatoms. The van der Waals surface area contributed by atoms with Gasteiger partial charge in [-0.2, -0.15) is 0 Å². The third-order valence-electron chi connectivity index (χ3n) is 4.28. The van der Waals surface area contributed by atoms with Gasteiger partial charge in [-0.05, 0) is 36.5 Å². The Kier molecular flexibility index (Phi) is 6.14. The van der Waals surface area contributed by atoms with Crippen LogP contribution in [0.1, 0.15) is 44.6 Å². The molecule has 1 N–H and O–H groups in total. The molecule has 0 radical (unpaired) electrons. The SMILES string of the molecule is CCC1CCCCC1NS(=O)(=O)Cc1ccc(OC(F)(F)F)cc1. The van der Waals surface area contributed by atoms with Crippen LogP contribution in [0.25, 0.3) is 0 Å². The summed E-state index contributed by atoms with van der Waals surface area (Å²) in [5.74, 6) is -0.280. The van der Waals surface area contributed by atoms with Gasteiger partial charge in [-0.15, -0.1) is 13.2 Å². The fourth-order valence-corrected chi connectivity index (χ4v) is 4.62. The molecule has 0 amide bonds. The van der Waals surface area contributed by atoms with Crippen molar-refractivity contribution in [2.45, 2.75) is 57.2 Å². The molecule has 0 saturated heterocycles. The molecule has 4 nitrogen and oxygen atoms in total.